The van der Waals surface area contributed by atoms with Crippen molar-refractivity contribution >= 4 is 21.9 Å². The molecule has 1 atom stereocenters. The van der Waals surface area contributed by atoms with Crippen LogP contribution in [0.15, 0.2) is 47.2 Å². The van der Waals surface area contributed by atoms with Crippen LogP contribution in [0.2, 0.25) is 0 Å². The van der Waals surface area contributed by atoms with E-state index in [1.165, 1.54) is 18.4 Å². The lowest BCUT2D eigenvalue weighted by atomic mass is 10.1. The zero-order valence-corrected chi connectivity index (χ0v) is 15.7. The molecule has 1 aromatic carbocycles. The van der Waals surface area contributed by atoms with E-state index in [9.17, 15) is 0 Å². The van der Waals surface area contributed by atoms with Gasteiger partial charge >= 0.3 is 0 Å². The lowest BCUT2D eigenvalue weighted by molar-refractivity contribution is 0.525. The highest BCUT2D eigenvalue weighted by molar-refractivity contribution is 9.10. The second-order valence-electron chi connectivity index (χ2n) is 6.34. The number of hydrogen-bond donors (Lipinski definition) is 1. The smallest absolute Gasteiger partial charge is 0.223 e. The maximum atomic E-state index is 4.76. The van der Waals surface area contributed by atoms with E-state index in [0.717, 1.165) is 34.7 Å². The third kappa shape index (κ3) is 3.31. The summed E-state index contributed by atoms with van der Waals surface area (Å²) in [6, 6.07) is 10.4. The van der Waals surface area contributed by atoms with Gasteiger partial charge in [-0.3, -0.25) is 0 Å². The second-order valence-corrected chi connectivity index (χ2v) is 7.19. The maximum Gasteiger partial charge on any atom is 0.223 e. The van der Waals surface area contributed by atoms with Crippen molar-refractivity contribution in [2.24, 2.45) is 0 Å². The molecule has 1 N–H and O–H groups in total. The molecule has 2 aromatic heterocycles. The van der Waals surface area contributed by atoms with Crippen LogP contribution in [0.1, 0.15) is 37.2 Å². The fourth-order valence-electron chi connectivity index (χ4n) is 3.24. The average Bonchev–Trinajstić information content (AvgIpc) is 3.08. The summed E-state index contributed by atoms with van der Waals surface area (Å²) < 4.78 is 3.17. The van der Waals surface area contributed by atoms with Gasteiger partial charge in [0, 0.05) is 19.2 Å². The Morgan fingerprint density at radius 2 is 1.96 bits per heavy atom. The van der Waals surface area contributed by atoms with Gasteiger partial charge in [-0.05, 0) is 41.3 Å². The number of anilines is 1. The van der Waals surface area contributed by atoms with E-state index in [1.54, 1.807) is 0 Å². The molecule has 0 radical (unpaired) electrons. The van der Waals surface area contributed by atoms with Crippen molar-refractivity contribution in [2.45, 2.75) is 38.8 Å². The van der Waals surface area contributed by atoms with Crippen LogP contribution in [0.5, 0.6) is 0 Å². The molecule has 0 unspecified atom stereocenters. The molecule has 3 aromatic rings. The Kier molecular flexibility index (Phi) is 4.53. The number of nitrogens with zero attached hydrogens (tertiary/aromatic N) is 4. The topological polar surface area (TPSA) is 55.6 Å². The summed E-state index contributed by atoms with van der Waals surface area (Å²) in [5.74, 6) is 1.78. The van der Waals surface area contributed by atoms with Crippen molar-refractivity contribution in [2.75, 3.05) is 5.32 Å². The molecule has 4 rings (SSSR count). The van der Waals surface area contributed by atoms with Crippen molar-refractivity contribution in [1.29, 1.82) is 0 Å². The predicted octanol–water partition coefficient (Wildman–Crippen LogP) is 4.61. The number of nitrogens with one attached hydrogen (secondary N) is 1. The molecule has 6 heteroatoms. The standard InChI is InChI=1S/C19H20BrN5/c1-13(14-7-3-2-4-8-14)23-19-22-11-15(20)18(24-19)16-12-21-17-9-5-6-10-25(16)17/h2-4,7-8,11-13H,5-6,9-10H2,1H3,(H,22,23,24)/t13-/m0/s1. The Labute approximate surface area is 155 Å². The highest BCUT2D eigenvalue weighted by Gasteiger charge is 2.19. The first kappa shape index (κ1) is 16.3. The second kappa shape index (κ2) is 6.96. The molecule has 0 saturated carbocycles. The Morgan fingerprint density at radius 1 is 1.12 bits per heavy atom. The highest BCUT2D eigenvalue weighted by atomic mass is 79.9. The minimum Gasteiger partial charge on any atom is -0.348 e. The Hall–Kier alpha value is -2.21. The Bertz CT molecular complexity index is 875. The van der Waals surface area contributed by atoms with Crippen molar-refractivity contribution in [3.63, 3.8) is 0 Å². The van der Waals surface area contributed by atoms with Crippen LogP contribution in [0.25, 0.3) is 11.4 Å². The Morgan fingerprint density at radius 3 is 2.80 bits per heavy atom. The molecule has 0 amide bonds. The molecule has 0 fully saturated rings. The quantitative estimate of drug-likeness (QED) is 0.697. The summed E-state index contributed by atoms with van der Waals surface area (Å²) in [5, 5.41) is 3.40. The largest absolute Gasteiger partial charge is 0.348 e. The van der Waals surface area contributed by atoms with Gasteiger partial charge in [0.2, 0.25) is 5.95 Å². The normalized spacial score (nSPS) is 14.8. The number of halogens is 1. The van der Waals surface area contributed by atoms with Crippen LogP contribution in [0.4, 0.5) is 5.95 Å². The lowest BCUT2D eigenvalue weighted by Gasteiger charge is -2.18. The summed E-state index contributed by atoms with van der Waals surface area (Å²) in [6.07, 6.45) is 7.18. The number of aryl methyl sites for hydroxylation is 1. The number of hydrogen-bond acceptors (Lipinski definition) is 4. The maximum absolute atomic E-state index is 4.76. The highest BCUT2D eigenvalue weighted by Crippen LogP contribution is 2.30. The van der Waals surface area contributed by atoms with Crippen LogP contribution in [-0.2, 0) is 13.0 Å². The number of imidazole rings is 1. The Balaban J connectivity index is 1.64. The van der Waals surface area contributed by atoms with Crippen molar-refractivity contribution in [3.05, 3.63) is 58.6 Å². The van der Waals surface area contributed by atoms with Gasteiger partial charge in [0.05, 0.1) is 22.4 Å². The number of aromatic nitrogens is 4. The van der Waals surface area contributed by atoms with Crippen molar-refractivity contribution < 1.29 is 0 Å². The molecule has 1 aliphatic rings. The third-order valence-electron chi connectivity index (χ3n) is 4.60. The van der Waals surface area contributed by atoms with Crippen LogP contribution in [0.3, 0.4) is 0 Å². The third-order valence-corrected chi connectivity index (χ3v) is 5.18. The first-order valence-corrected chi connectivity index (χ1v) is 9.40. The molecule has 0 aliphatic carbocycles. The molecule has 0 spiro atoms. The van der Waals surface area contributed by atoms with Crippen LogP contribution in [-0.4, -0.2) is 19.5 Å². The summed E-state index contributed by atoms with van der Waals surface area (Å²) in [6.45, 7) is 3.12. The lowest BCUT2D eigenvalue weighted by Crippen LogP contribution is -2.13. The van der Waals surface area contributed by atoms with Gasteiger partial charge in [0.1, 0.15) is 11.5 Å². The SMILES string of the molecule is C[C@H](Nc1ncc(Br)c(-c2cnc3n2CCCC3)n1)c1ccccc1. The average molecular weight is 398 g/mol. The minimum absolute atomic E-state index is 0.134. The van der Waals surface area contributed by atoms with E-state index >= 15 is 0 Å². The van der Waals surface area contributed by atoms with Gasteiger partial charge in [-0.25, -0.2) is 15.0 Å². The minimum atomic E-state index is 0.134. The van der Waals surface area contributed by atoms with Crippen LogP contribution < -0.4 is 5.32 Å². The van der Waals surface area contributed by atoms with Crippen molar-refractivity contribution in [3.8, 4) is 11.4 Å². The molecule has 25 heavy (non-hydrogen) atoms. The number of benzene rings is 1. The van der Waals surface area contributed by atoms with Crippen LogP contribution in [0, 0.1) is 0 Å². The zero-order chi connectivity index (χ0) is 17.2. The fraction of sp³-hybridized carbons (Fsp3) is 0.316. The monoisotopic (exact) mass is 397 g/mol. The van der Waals surface area contributed by atoms with E-state index in [4.69, 9.17) is 4.98 Å². The van der Waals surface area contributed by atoms with Gasteiger partial charge < -0.3 is 9.88 Å². The molecule has 0 bridgehead atoms. The summed E-state index contributed by atoms with van der Waals surface area (Å²) in [4.78, 5) is 13.8. The van der Waals surface area contributed by atoms with E-state index in [2.05, 4.69) is 54.8 Å². The molecule has 128 valence electrons. The first-order chi connectivity index (χ1) is 12.2. The van der Waals surface area contributed by atoms with Gasteiger partial charge in [-0.2, -0.15) is 0 Å². The van der Waals surface area contributed by atoms with E-state index in [1.807, 2.05) is 30.6 Å². The molecule has 3 heterocycles. The molecule has 5 nitrogen and oxygen atoms in total. The first-order valence-electron chi connectivity index (χ1n) is 8.61. The summed E-state index contributed by atoms with van der Waals surface area (Å²) >= 11 is 3.60. The summed E-state index contributed by atoms with van der Waals surface area (Å²) in [7, 11) is 0. The zero-order valence-electron chi connectivity index (χ0n) is 14.1. The predicted molar refractivity (Wildman–Crippen MR) is 102 cm³/mol. The van der Waals surface area contributed by atoms with Crippen molar-refractivity contribution in [1.82, 2.24) is 19.5 Å². The van der Waals surface area contributed by atoms with E-state index in [-0.39, 0.29) is 6.04 Å². The van der Waals surface area contributed by atoms with Gasteiger partial charge in [-0.1, -0.05) is 30.3 Å². The molecule has 1 aliphatic heterocycles. The van der Waals surface area contributed by atoms with E-state index < -0.39 is 0 Å². The molecular formula is C19H20BrN5. The van der Waals surface area contributed by atoms with Gasteiger partial charge in [-0.15, -0.1) is 0 Å². The summed E-state index contributed by atoms with van der Waals surface area (Å²) in [5.41, 5.74) is 3.15. The number of rotatable bonds is 4. The van der Waals surface area contributed by atoms with E-state index in [0.29, 0.717) is 5.95 Å². The fourth-order valence-corrected chi connectivity index (χ4v) is 3.63. The number of fused-ring (bicyclic) bond motifs is 1. The van der Waals surface area contributed by atoms with Gasteiger partial charge in [0.25, 0.3) is 0 Å². The molecular weight excluding hydrogens is 378 g/mol. The van der Waals surface area contributed by atoms with Gasteiger partial charge in [0.15, 0.2) is 0 Å². The molecule has 0 saturated heterocycles. The van der Waals surface area contributed by atoms with Crippen LogP contribution >= 0.6 is 15.9 Å².